The fraction of sp³-hybridized carbons (Fsp3) is 0.423. The Hall–Kier alpha value is -3.33. The summed E-state index contributed by atoms with van der Waals surface area (Å²) in [5, 5.41) is 16.7. The van der Waals surface area contributed by atoms with Crippen molar-refractivity contribution in [2.75, 3.05) is 31.1 Å². The molecule has 1 saturated heterocycles. The molecular formula is C26H29N7OS. The lowest BCUT2D eigenvalue weighted by atomic mass is 9.90. The molecule has 6 rings (SSSR count). The van der Waals surface area contributed by atoms with Crippen molar-refractivity contribution in [1.29, 1.82) is 0 Å². The van der Waals surface area contributed by atoms with Gasteiger partial charge in [-0.15, -0.1) is 10.2 Å². The zero-order chi connectivity index (χ0) is 23.8. The lowest BCUT2D eigenvalue weighted by Crippen LogP contribution is -2.48. The average Bonchev–Trinajstić information content (AvgIpc) is 3.56. The van der Waals surface area contributed by atoms with Gasteiger partial charge in [-0.2, -0.15) is 5.10 Å². The molecule has 3 aromatic heterocycles. The van der Waals surface area contributed by atoms with E-state index in [0.29, 0.717) is 24.6 Å². The number of carbonyl (C=O) groups excluding carboxylic acids is 1. The predicted octanol–water partition coefficient (Wildman–Crippen LogP) is 4.59. The quantitative estimate of drug-likeness (QED) is 0.419. The Morgan fingerprint density at radius 2 is 1.77 bits per heavy atom. The molecule has 1 aliphatic heterocycles. The Labute approximate surface area is 208 Å². The topological polar surface area (TPSA) is 80.0 Å². The smallest absolute Gasteiger partial charge is 0.257 e. The molecule has 4 heterocycles. The number of para-hydroxylation sites is 1. The van der Waals surface area contributed by atoms with Crippen LogP contribution in [0.15, 0.2) is 42.6 Å². The van der Waals surface area contributed by atoms with Crippen LogP contribution < -0.4 is 4.90 Å². The van der Waals surface area contributed by atoms with Crippen molar-refractivity contribution in [2.24, 2.45) is 0 Å². The standard InChI is InChI=1S/C26H29N7OS/c1-18-21(17-27-33(18)23-12-11-19-7-5-6-10-22(19)28-23)25(34)31-13-15-32(16-14-31)26-30-29-24(35-26)20-8-3-2-4-9-20/h5-7,10-12,17,20H,2-4,8-9,13-16H2,1H3. The fourth-order valence-electron chi connectivity index (χ4n) is 5.16. The molecule has 1 aliphatic carbocycles. The SMILES string of the molecule is Cc1c(C(=O)N2CCN(c3nnc(C4CCCCC4)s3)CC2)cnn1-c1ccc2ccccc2n1. The summed E-state index contributed by atoms with van der Waals surface area (Å²) in [6.45, 7) is 4.79. The summed E-state index contributed by atoms with van der Waals surface area (Å²) < 4.78 is 1.75. The summed E-state index contributed by atoms with van der Waals surface area (Å²) in [6, 6.07) is 12.0. The van der Waals surface area contributed by atoms with E-state index < -0.39 is 0 Å². The van der Waals surface area contributed by atoms with E-state index in [1.807, 2.05) is 48.2 Å². The number of hydrogen-bond acceptors (Lipinski definition) is 7. The molecule has 0 N–H and O–H groups in total. The monoisotopic (exact) mass is 487 g/mol. The van der Waals surface area contributed by atoms with Crippen LogP contribution in [0.2, 0.25) is 0 Å². The lowest BCUT2D eigenvalue weighted by molar-refractivity contribution is 0.0746. The Balaban J connectivity index is 1.13. The molecule has 2 fully saturated rings. The van der Waals surface area contributed by atoms with Crippen molar-refractivity contribution >= 4 is 33.3 Å². The number of fused-ring (bicyclic) bond motifs is 1. The van der Waals surface area contributed by atoms with Crippen molar-refractivity contribution in [3.63, 3.8) is 0 Å². The first kappa shape index (κ1) is 22.2. The Kier molecular flexibility index (Phi) is 5.93. The molecular weight excluding hydrogens is 458 g/mol. The van der Waals surface area contributed by atoms with Gasteiger partial charge < -0.3 is 9.80 Å². The maximum absolute atomic E-state index is 13.3. The van der Waals surface area contributed by atoms with Gasteiger partial charge in [-0.1, -0.05) is 48.8 Å². The Morgan fingerprint density at radius 1 is 0.971 bits per heavy atom. The third-order valence-corrected chi connectivity index (χ3v) is 8.41. The van der Waals surface area contributed by atoms with E-state index in [2.05, 4.69) is 20.2 Å². The third-order valence-electron chi connectivity index (χ3n) is 7.26. The molecule has 9 heteroatoms. The molecule has 35 heavy (non-hydrogen) atoms. The molecule has 0 spiro atoms. The number of amides is 1. The molecule has 0 atom stereocenters. The van der Waals surface area contributed by atoms with Gasteiger partial charge >= 0.3 is 0 Å². The predicted molar refractivity (Wildman–Crippen MR) is 137 cm³/mol. The first-order valence-electron chi connectivity index (χ1n) is 12.5. The Morgan fingerprint density at radius 3 is 2.60 bits per heavy atom. The van der Waals surface area contributed by atoms with E-state index in [1.54, 1.807) is 22.2 Å². The van der Waals surface area contributed by atoms with Crippen LogP contribution >= 0.6 is 11.3 Å². The molecule has 0 radical (unpaired) electrons. The minimum Gasteiger partial charge on any atom is -0.343 e. The molecule has 1 saturated carbocycles. The molecule has 0 bridgehead atoms. The number of hydrogen-bond donors (Lipinski definition) is 0. The van der Waals surface area contributed by atoms with Crippen LogP contribution in [0.5, 0.6) is 0 Å². The highest BCUT2D eigenvalue weighted by Gasteiger charge is 2.28. The van der Waals surface area contributed by atoms with E-state index in [0.717, 1.165) is 40.6 Å². The second-order valence-corrected chi connectivity index (χ2v) is 10.4. The van der Waals surface area contributed by atoms with Crippen LogP contribution in [0.4, 0.5) is 5.13 Å². The molecule has 1 aromatic carbocycles. The Bertz CT molecular complexity index is 1350. The summed E-state index contributed by atoms with van der Waals surface area (Å²) in [5.41, 5.74) is 2.34. The van der Waals surface area contributed by atoms with Crippen LogP contribution in [0.3, 0.4) is 0 Å². The van der Waals surface area contributed by atoms with Gasteiger partial charge in [-0.25, -0.2) is 9.67 Å². The fourth-order valence-corrected chi connectivity index (χ4v) is 6.23. The summed E-state index contributed by atoms with van der Waals surface area (Å²) in [5.74, 6) is 1.32. The van der Waals surface area contributed by atoms with E-state index in [4.69, 9.17) is 4.98 Å². The minimum absolute atomic E-state index is 0.0225. The van der Waals surface area contributed by atoms with Crippen LogP contribution in [0.1, 0.15) is 59.1 Å². The zero-order valence-corrected chi connectivity index (χ0v) is 20.7. The van der Waals surface area contributed by atoms with Crippen LogP contribution in [0.25, 0.3) is 16.7 Å². The molecule has 0 unspecified atom stereocenters. The first-order chi connectivity index (χ1) is 17.2. The first-order valence-corrected chi connectivity index (χ1v) is 13.3. The molecule has 8 nitrogen and oxygen atoms in total. The highest BCUT2D eigenvalue weighted by Crippen LogP contribution is 2.36. The number of aromatic nitrogens is 5. The van der Waals surface area contributed by atoms with Crippen LogP contribution in [0, 0.1) is 6.92 Å². The summed E-state index contributed by atoms with van der Waals surface area (Å²) in [7, 11) is 0. The van der Waals surface area contributed by atoms with Gasteiger partial charge in [-0.3, -0.25) is 4.79 Å². The lowest BCUT2D eigenvalue weighted by Gasteiger charge is -2.34. The number of rotatable bonds is 4. The largest absolute Gasteiger partial charge is 0.343 e. The second-order valence-electron chi connectivity index (χ2n) is 9.45. The number of carbonyl (C=O) groups is 1. The van der Waals surface area contributed by atoms with Crippen molar-refractivity contribution < 1.29 is 4.79 Å². The summed E-state index contributed by atoms with van der Waals surface area (Å²) in [6.07, 6.45) is 8.08. The van der Waals surface area contributed by atoms with Crippen molar-refractivity contribution in [3.05, 3.63) is 58.9 Å². The molecule has 2 aliphatic rings. The van der Waals surface area contributed by atoms with Crippen LogP contribution in [-0.2, 0) is 0 Å². The number of anilines is 1. The van der Waals surface area contributed by atoms with Gasteiger partial charge in [0.05, 0.1) is 23.0 Å². The van der Waals surface area contributed by atoms with Gasteiger partial charge in [0, 0.05) is 37.5 Å². The van der Waals surface area contributed by atoms with Gasteiger partial charge in [0.25, 0.3) is 5.91 Å². The number of nitrogens with zero attached hydrogens (tertiary/aromatic N) is 7. The second kappa shape index (κ2) is 9.37. The minimum atomic E-state index is 0.0225. The van der Waals surface area contributed by atoms with Crippen molar-refractivity contribution in [3.8, 4) is 5.82 Å². The van der Waals surface area contributed by atoms with Gasteiger partial charge in [0.2, 0.25) is 5.13 Å². The summed E-state index contributed by atoms with van der Waals surface area (Å²) in [4.78, 5) is 22.3. The van der Waals surface area contributed by atoms with Gasteiger partial charge in [0.1, 0.15) is 5.01 Å². The van der Waals surface area contributed by atoms with Gasteiger partial charge in [0.15, 0.2) is 5.82 Å². The van der Waals surface area contributed by atoms with E-state index in [-0.39, 0.29) is 5.91 Å². The van der Waals surface area contributed by atoms with Crippen LogP contribution in [-0.4, -0.2) is 61.9 Å². The van der Waals surface area contributed by atoms with Crippen molar-refractivity contribution in [2.45, 2.75) is 44.9 Å². The maximum Gasteiger partial charge on any atom is 0.257 e. The highest BCUT2D eigenvalue weighted by molar-refractivity contribution is 7.15. The number of piperazine rings is 1. The zero-order valence-electron chi connectivity index (χ0n) is 19.9. The number of benzene rings is 1. The highest BCUT2D eigenvalue weighted by atomic mass is 32.1. The van der Waals surface area contributed by atoms with E-state index in [1.165, 1.54) is 37.1 Å². The van der Waals surface area contributed by atoms with Crippen molar-refractivity contribution in [1.82, 2.24) is 29.9 Å². The third kappa shape index (κ3) is 4.29. The average molecular weight is 488 g/mol. The number of pyridine rings is 1. The van der Waals surface area contributed by atoms with E-state index in [9.17, 15) is 4.79 Å². The normalized spacial score (nSPS) is 17.3. The maximum atomic E-state index is 13.3. The van der Waals surface area contributed by atoms with E-state index >= 15 is 0 Å². The molecule has 4 aromatic rings. The van der Waals surface area contributed by atoms with Gasteiger partial charge in [-0.05, 0) is 38.0 Å². The molecule has 1 amide bonds. The summed E-state index contributed by atoms with van der Waals surface area (Å²) >= 11 is 1.74. The molecule has 180 valence electrons.